The van der Waals surface area contributed by atoms with Crippen molar-refractivity contribution in [2.45, 2.75) is 25.7 Å². The molecular weight excluding hydrogens is 402 g/mol. The summed E-state index contributed by atoms with van der Waals surface area (Å²) in [5.41, 5.74) is 3.76. The van der Waals surface area contributed by atoms with Crippen molar-refractivity contribution in [3.8, 4) is 0 Å². The van der Waals surface area contributed by atoms with E-state index in [1.165, 1.54) is 29.4 Å². The second-order valence-electron chi connectivity index (χ2n) is 7.84. The highest BCUT2D eigenvalue weighted by atomic mass is 32.1. The van der Waals surface area contributed by atoms with Gasteiger partial charge in [0.05, 0.1) is 44.9 Å². The van der Waals surface area contributed by atoms with E-state index in [4.69, 9.17) is 14.7 Å². The average Bonchev–Trinajstić information content (AvgIpc) is 3.18. The van der Waals surface area contributed by atoms with Gasteiger partial charge in [-0.1, -0.05) is 0 Å². The van der Waals surface area contributed by atoms with Gasteiger partial charge in [-0.2, -0.15) is 0 Å². The number of rotatable bonds is 6. The van der Waals surface area contributed by atoms with Gasteiger partial charge in [-0.3, -0.25) is 4.90 Å². The fourth-order valence-electron chi connectivity index (χ4n) is 4.71. The molecule has 0 saturated carbocycles. The zero-order valence-electron chi connectivity index (χ0n) is 17.1. The summed E-state index contributed by atoms with van der Waals surface area (Å²) in [7, 11) is 0. The number of aromatic amines is 1. The van der Waals surface area contributed by atoms with Gasteiger partial charge >= 0.3 is 0 Å². The number of aliphatic hydroxyl groups excluding tert-OH is 2. The Morgan fingerprint density at radius 2 is 1.83 bits per heavy atom. The molecule has 5 rings (SSSR count). The number of hydrogen-bond donors (Lipinski definition) is 2. The summed E-state index contributed by atoms with van der Waals surface area (Å²) in [6, 6.07) is 0. The highest BCUT2D eigenvalue weighted by molar-refractivity contribution is 7.26. The maximum atomic E-state index is 9.50. The predicted molar refractivity (Wildman–Crippen MR) is 118 cm³/mol. The molecule has 9 heteroatoms. The number of fused-ring (bicyclic) bond motifs is 5. The normalized spacial score (nSPS) is 16.9. The number of aliphatic hydroxyl groups is 2. The predicted octanol–water partition coefficient (Wildman–Crippen LogP) is 1.17. The Kier molecular flexibility index (Phi) is 5.68. The topological polar surface area (TPSA) is 96.1 Å². The van der Waals surface area contributed by atoms with E-state index in [-0.39, 0.29) is 13.2 Å². The Hall–Kier alpha value is -2.07. The molecular formula is C21H28N5O3S+. The molecule has 4 heterocycles. The number of aromatic nitrogens is 3. The van der Waals surface area contributed by atoms with Crippen molar-refractivity contribution in [2.24, 2.45) is 0 Å². The number of thiophene rings is 1. The number of anilines is 2. The third-order valence-electron chi connectivity index (χ3n) is 6.09. The SMILES string of the molecule is OCCN(CCO)c1[nH+]cnc2c1sc1nc(N3CCOCC3)c3c(c12)CCCC3. The highest BCUT2D eigenvalue weighted by Gasteiger charge is 2.28. The Balaban J connectivity index is 1.72. The van der Waals surface area contributed by atoms with Gasteiger partial charge in [0.1, 0.15) is 15.3 Å². The van der Waals surface area contributed by atoms with Crippen molar-refractivity contribution in [3.63, 3.8) is 0 Å². The lowest BCUT2D eigenvalue weighted by molar-refractivity contribution is -0.366. The monoisotopic (exact) mass is 430 g/mol. The zero-order valence-corrected chi connectivity index (χ0v) is 17.9. The number of nitrogens with one attached hydrogen (secondary N) is 1. The van der Waals surface area contributed by atoms with Crippen molar-refractivity contribution in [2.75, 3.05) is 62.4 Å². The van der Waals surface area contributed by atoms with Crippen LogP contribution in [-0.2, 0) is 17.6 Å². The summed E-state index contributed by atoms with van der Waals surface area (Å²) in [4.78, 5) is 18.5. The van der Waals surface area contributed by atoms with Gasteiger partial charge in [0.2, 0.25) is 12.1 Å². The molecule has 0 radical (unpaired) electrons. The van der Waals surface area contributed by atoms with Crippen LogP contribution in [0.15, 0.2) is 6.33 Å². The molecule has 0 unspecified atom stereocenters. The number of aryl methyl sites for hydroxylation is 1. The second-order valence-corrected chi connectivity index (χ2v) is 8.84. The summed E-state index contributed by atoms with van der Waals surface area (Å²) in [5.74, 6) is 2.02. The summed E-state index contributed by atoms with van der Waals surface area (Å²) < 4.78 is 6.60. The molecule has 0 amide bonds. The molecule has 3 aromatic heterocycles. The molecule has 8 nitrogen and oxygen atoms in total. The first-order valence-corrected chi connectivity index (χ1v) is 11.6. The Labute approximate surface area is 179 Å². The van der Waals surface area contributed by atoms with E-state index < -0.39 is 0 Å². The van der Waals surface area contributed by atoms with Crippen molar-refractivity contribution in [1.29, 1.82) is 0 Å². The molecule has 1 saturated heterocycles. The maximum absolute atomic E-state index is 9.50. The van der Waals surface area contributed by atoms with Gasteiger partial charge < -0.3 is 19.8 Å². The van der Waals surface area contributed by atoms with E-state index in [1.807, 2.05) is 4.90 Å². The van der Waals surface area contributed by atoms with Gasteiger partial charge in [-0.05, 0) is 36.8 Å². The largest absolute Gasteiger partial charge is 0.393 e. The summed E-state index contributed by atoms with van der Waals surface area (Å²) >= 11 is 1.65. The molecule has 1 fully saturated rings. The number of hydrogen-bond acceptors (Lipinski definition) is 8. The molecule has 1 aliphatic carbocycles. The quantitative estimate of drug-likeness (QED) is 0.606. The van der Waals surface area contributed by atoms with E-state index in [0.717, 1.165) is 65.8 Å². The number of nitrogens with zero attached hydrogens (tertiary/aromatic N) is 4. The number of ether oxygens (including phenoxy) is 1. The number of pyridine rings is 1. The van der Waals surface area contributed by atoms with E-state index in [1.54, 1.807) is 17.7 Å². The first-order valence-electron chi connectivity index (χ1n) is 10.8. The van der Waals surface area contributed by atoms with Crippen LogP contribution in [0.25, 0.3) is 20.4 Å². The summed E-state index contributed by atoms with van der Waals surface area (Å²) in [6.07, 6.45) is 6.24. The Morgan fingerprint density at radius 1 is 1.10 bits per heavy atom. The molecule has 3 N–H and O–H groups in total. The maximum Gasteiger partial charge on any atom is 0.242 e. The summed E-state index contributed by atoms with van der Waals surface area (Å²) in [5, 5.41) is 20.2. The fraction of sp³-hybridized carbons (Fsp3) is 0.571. The molecule has 0 atom stereocenters. The van der Waals surface area contributed by atoms with Crippen LogP contribution >= 0.6 is 11.3 Å². The van der Waals surface area contributed by atoms with Crippen LogP contribution in [0, 0.1) is 0 Å². The first kappa shape index (κ1) is 19.9. The first-order chi connectivity index (χ1) is 14.8. The summed E-state index contributed by atoms with van der Waals surface area (Å²) in [6.45, 7) is 4.22. The van der Waals surface area contributed by atoms with Crippen LogP contribution in [0.2, 0.25) is 0 Å². The lowest BCUT2D eigenvalue weighted by Crippen LogP contribution is -2.37. The number of H-pyrrole nitrogens is 1. The molecule has 30 heavy (non-hydrogen) atoms. The van der Waals surface area contributed by atoms with E-state index in [2.05, 4.69) is 9.88 Å². The van der Waals surface area contributed by atoms with Gasteiger partial charge in [-0.25, -0.2) is 9.97 Å². The van der Waals surface area contributed by atoms with E-state index >= 15 is 0 Å². The minimum absolute atomic E-state index is 0.0252. The molecule has 0 aromatic carbocycles. The second kappa shape index (κ2) is 8.58. The number of morpholine rings is 1. The van der Waals surface area contributed by atoms with Crippen LogP contribution in [0.3, 0.4) is 0 Å². The van der Waals surface area contributed by atoms with Crippen LogP contribution in [0.5, 0.6) is 0 Å². The van der Waals surface area contributed by atoms with E-state index in [9.17, 15) is 10.2 Å². The van der Waals surface area contributed by atoms with Gasteiger partial charge in [0, 0.05) is 13.1 Å². The average molecular weight is 431 g/mol. The molecule has 160 valence electrons. The van der Waals surface area contributed by atoms with Crippen LogP contribution in [-0.4, -0.2) is 72.8 Å². The zero-order chi connectivity index (χ0) is 20.5. The van der Waals surface area contributed by atoms with Crippen LogP contribution in [0.1, 0.15) is 24.0 Å². The van der Waals surface area contributed by atoms with Gasteiger partial charge in [0.25, 0.3) is 0 Å². The standard InChI is InChI=1S/C21H27N5O3S/c27-9-5-25(6-10-28)20-18-17(22-13-23-20)16-14-3-1-2-4-15(14)19(24-21(16)30-18)26-7-11-29-12-8-26/h13,27-28H,1-12H2/p+1. The third kappa shape index (κ3) is 3.39. The van der Waals surface area contributed by atoms with Gasteiger partial charge in [-0.15, -0.1) is 16.3 Å². The third-order valence-corrected chi connectivity index (χ3v) is 7.17. The molecule has 2 aliphatic rings. The molecule has 1 aliphatic heterocycles. The van der Waals surface area contributed by atoms with Crippen molar-refractivity contribution < 1.29 is 19.9 Å². The molecule has 0 spiro atoms. The molecule has 3 aromatic rings. The highest BCUT2D eigenvalue weighted by Crippen LogP contribution is 2.42. The van der Waals surface area contributed by atoms with Crippen molar-refractivity contribution in [1.82, 2.24) is 9.97 Å². The Morgan fingerprint density at radius 3 is 2.57 bits per heavy atom. The Bertz CT molecular complexity index is 1040. The van der Waals surface area contributed by atoms with Crippen molar-refractivity contribution in [3.05, 3.63) is 17.5 Å². The van der Waals surface area contributed by atoms with Gasteiger partial charge in [0.15, 0.2) is 5.52 Å². The fourth-order valence-corrected chi connectivity index (χ4v) is 5.89. The van der Waals surface area contributed by atoms with E-state index in [0.29, 0.717) is 13.1 Å². The lowest BCUT2D eigenvalue weighted by Gasteiger charge is -2.31. The smallest absolute Gasteiger partial charge is 0.242 e. The van der Waals surface area contributed by atoms with Crippen LogP contribution < -0.4 is 14.8 Å². The lowest BCUT2D eigenvalue weighted by atomic mass is 9.90. The molecule has 0 bridgehead atoms. The minimum Gasteiger partial charge on any atom is -0.393 e. The minimum atomic E-state index is 0.0252. The van der Waals surface area contributed by atoms with Crippen molar-refractivity contribution >= 4 is 43.4 Å². The van der Waals surface area contributed by atoms with Crippen LogP contribution in [0.4, 0.5) is 11.6 Å².